The largest absolute Gasteiger partial charge is 0.355 e. The molecular weight excluding hydrogens is 384 g/mol. The Kier molecular flexibility index (Phi) is 8.58. The van der Waals surface area contributed by atoms with Gasteiger partial charge in [0.1, 0.15) is 6.04 Å². The number of carbonyl (C=O) groups is 1. The smallest absolute Gasteiger partial charge is 0.243 e. The van der Waals surface area contributed by atoms with Gasteiger partial charge in [0, 0.05) is 18.1 Å². The van der Waals surface area contributed by atoms with Crippen molar-refractivity contribution in [2.75, 3.05) is 13.1 Å². The van der Waals surface area contributed by atoms with Gasteiger partial charge in [0.25, 0.3) is 0 Å². The van der Waals surface area contributed by atoms with E-state index >= 15 is 0 Å². The maximum Gasteiger partial charge on any atom is 0.243 e. The summed E-state index contributed by atoms with van der Waals surface area (Å²) in [6, 6.07) is 5.53. The molecule has 1 saturated heterocycles. The zero-order valence-electron chi connectivity index (χ0n) is 16.3. The molecule has 0 aromatic heterocycles. The molecule has 2 rings (SSSR count). The van der Waals surface area contributed by atoms with Crippen LogP contribution in [0.4, 0.5) is 0 Å². The van der Waals surface area contributed by atoms with Crippen molar-refractivity contribution in [1.82, 2.24) is 9.62 Å². The average Bonchev–Trinajstić information content (AvgIpc) is 2.82. The minimum Gasteiger partial charge on any atom is -0.355 e. The topological polar surface area (TPSA) is 66.5 Å². The van der Waals surface area contributed by atoms with Gasteiger partial charge in [-0.3, -0.25) is 4.79 Å². The molecule has 1 N–H and O–H groups in total. The Morgan fingerprint density at radius 1 is 1.15 bits per heavy atom. The van der Waals surface area contributed by atoms with Crippen molar-refractivity contribution in [2.24, 2.45) is 5.92 Å². The van der Waals surface area contributed by atoms with E-state index in [0.29, 0.717) is 30.5 Å². The second-order valence-corrected chi connectivity index (χ2v) is 9.94. The molecule has 1 unspecified atom stereocenters. The van der Waals surface area contributed by atoms with Crippen molar-refractivity contribution >= 4 is 27.5 Å². The fraction of sp³-hybridized carbons (Fsp3) is 0.650. The monoisotopic (exact) mass is 414 g/mol. The molecule has 0 bridgehead atoms. The van der Waals surface area contributed by atoms with Crippen LogP contribution in [0.5, 0.6) is 0 Å². The number of carbonyl (C=O) groups excluding carboxylic acids is 1. The van der Waals surface area contributed by atoms with Crippen molar-refractivity contribution in [3.05, 3.63) is 29.3 Å². The maximum absolute atomic E-state index is 13.3. The van der Waals surface area contributed by atoms with Crippen LogP contribution >= 0.6 is 11.6 Å². The van der Waals surface area contributed by atoms with Gasteiger partial charge in [0.15, 0.2) is 0 Å². The van der Waals surface area contributed by atoms with E-state index in [1.165, 1.54) is 16.4 Å². The molecule has 5 nitrogen and oxygen atoms in total. The number of halogens is 1. The van der Waals surface area contributed by atoms with E-state index in [1.807, 2.05) is 0 Å². The first kappa shape index (κ1) is 22.2. The number of rotatable bonds is 9. The van der Waals surface area contributed by atoms with Gasteiger partial charge >= 0.3 is 0 Å². The molecule has 1 aliphatic rings. The second kappa shape index (κ2) is 10.4. The lowest BCUT2D eigenvalue weighted by atomic mass is 10.1. The van der Waals surface area contributed by atoms with E-state index < -0.39 is 16.1 Å². The third-order valence-corrected chi connectivity index (χ3v) is 7.11. The van der Waals surface area contributed by atoms with Crippen LogP contribution in [0.15, 0.2) is 29.2 Å². The number of sulfonamides is 1. The number of hydrogen-bond acceptors (Lipinski definition) is 3. The van der Waals surface area contributed by atoms with E-state index in [0.717, 1.165) is 38.5 Å². The summed E-state index contributed by atoms with van der Waals surface area (Å²) < 4.78 is 28.0. The molecular formula is C20H31ClN2O3S. The minimum absolute atomic E-state index is 0.186. The maximum atomic E-state index is 13.3. The molecule has 1 aliphatic heterocycles. The quantitative estimate of drug-likeness (QED) is 0.615. The minimum atomic E-state index is -3.76. The molecule has 1 fully saturated rings. The number of unbranched alkanes of at least 4 members (excludes halogenated alkanes) is 2. The van der Waals surface area contributed by atoms with Crippen LogP contribution in [0.1, 0.15) is 58.8 Å². The second-order valence-electron chi connectivity index (χ2n) is 7.62. The molecule has 1 aromatic rings. The summed E-state index contributed by atoms with van der Waals surface area (Å²) >= 11 is 5.91. The molecule has 0 aliphatic carbocycles. The lowest BCUT2D eigenvalue weighted by Gasteiger charge is -2.29. The first-order valence-electron chi connectivity index (χ1n) is 9.87. The number of nitrogens with one attached hydrogen (secondary N) is 1. The van der Waals surface area contributed by atoms with Gasteiger partial charge in [-0.2, -0.15) is 4.31 Å². The summed E-state index contributed by atoms with van der Waals surface area (Å²) in [5, 5.41) is 3.35. The number of benzene rings is 1. The number of amides is 1. The van der Waals surface area contributed by atoms with E-state index in [4.69, 9.17) is 11.6 Å². The molecule has 152 valence electrons. The number of hydrogen-bond donors (Lipinski definition) is 1. The van der Waals surface area contributed by atoms with Gasteiger partial charge in [-0.05, 0) is 55.9 Å². The molecule has 0 saturated carbocycles. The van der Waals surface area contributed by atoms with Gasteiger partial charge < -0.3 is 5.32 Å². The predicted molar refractivity (Wildman–Crippen MR) is 109 cm³/mol. The SMILES string of the molecule is CC(C)CCCCCN(C1CCCCNC1=O)S(=O)(=O)c1ccc(Cl)cc1. The summed E-state index contributed by atoms with van der Waals surface area (Å²) in [5.74, 6) is 0.457. The Morgan fingerprint density at radius 3 is 2.52 bits per heavy atom. The van der Waals surface area contributed by atoms with Crippen LogP contribution < -0.4 is 5.32 Å². The predicted octanol–water partition coefficient (Wildman–Crippen LogP) is 4.22. The van der Waals surface area contributed by atoms with Crippen LogP contribution in [-0.4, -0.2) is 37.8 Å². The highest BCUT2D eigenvalue weighted by molar-refractivity contribution is 7.89. The molecule has 1 amide bonds. The van der Waals surface area contributed by atoms with Crippen molar-refractivity contribution in [1.29, 1.82) is 0 Å². The highest BCUT2D eigenvalue weighted by atomic mass is 35.5. The van der Waals surface area contributed by atoms with E-state index in [2.05, 4.69) is 19.2 Å². The summed E-state index contributed by atoms with van der Waals surface area (Å²) in [6.07, 6.45) is 6.19. The van der Waals surface area contributed by atoms with Crippen LogP contribution in [0.2, 0.25) is 5.02 Å². The normalized spacial score (nSPS) is 18.6. The third-order valence-electron chi connectivity index (χ3n) is 4.93. The highest BCUT2D eigenvalue weighted by Gasteiger charge is 2.35. The van der Waals surface area contributed by atoms with E-state index in [1.54, 1.807) is 12.1 Å². The first-order chi connectivity index (χ1) is 12.8. The van der Waals surface area contributed by atoms with Gasteiger partial charge in [-0.25, -0.2) is 8.42 Å². The highest BCUT2D eigenvalue weighted by Crippen LogP contribution is 2.24. The van der Waals surface area contributed by atoms with Gasteiger partial charge in [0.2, 0.25) is 15.9 Å². The van der Waals surface area contributed by atoms with Gasteiger partial charge in [-0.15, -0.1) is 0 Å². The Labute approximate surface area is 168 Å². The van der Waals surface area contributed by atoms with Crippen molar-refractivity contribution in [3.8, 4) is 0 Å². The molecule has 1 aromatic carbocycles. The average molecular weight is 415 g/mol. The zero-order valence-corrected chi connectivity index (χ0v) is 17.9. The first-order valence-corrected chi connectivity index (χ1v) is 11.7. The van der Waals surface area contributed by atoms with E-state index in [-0.39, 0.29) is 10.8 Å². The van der Waals surface area contributed by atoms with Crippen LogP contribution in [0, 0.1) is 5.92 Å². The van der Waals surface area contributed by atoms with Crippen LogP contribution in [0.3, 0.4) is 0 Å². The lowest BCUT2D eigenvalue weighted by Crippen LogP contribution is -2.49. The molecule has 0 spiro atoms. The van der Waals surface area contributed by atoms with E-state index in [9.17, 15) is 13.2 Å². The van der Waals surface area contributed by atoms with Crippen molar-refractivity contribution in [3.63, 3.8) is 0 Å². The third kappa shape index (κ3) is 6.47. The Bertz CT molecular complexity index is 704. The molecule has 1 heterocycles. The van der Waals surface area contributed by atoms with Gasteiger partial charge in [-0.1, -0.05) is 44.7 Å². The molecule has 7 heteroatoms. The standard InChI is InChI=1S/C20H31ClN2O3S/c1-16(2)8-4-3-7-15-23(19-9-5-6-14-22-20(19)24)27(25,26)18-12-10-17(21)11-13-18/h10-13,16,19H,3-9,14-15H2,1-2H3,(H,22,24). The Hall–Kier alpha value is -1.11. The fourth-order valence-corrected chi connectivity index (χ4v) is 5.16. The number of nitrogens with zero attached hydrogens (tertiary/aromatic N) is 1. The van der Waals surface area contributed by atoms with Crippen LogP contribution in [-0.2, 0) is 14.8 Å². The van der Waals surface area contributed by atoms with Crippen molar-refractivity contribution in [2.45, 2.75) is 69.7 Å². The Balaban J connectivity index is 2.19. The Morgan fingerprint density at radius 2 is 1.85 bits per heavy atom. The van der Waals surface area contributed by atoms with Crippen molar-refractivity contribution < 1.29 is 13.2 Å². The molecule has 0 radical (unpaired) electrons. The lowest BCUT2D eigenvalue weighted by molar-refractivity contribution is -0.124. The summed E-state index contributed by atoms with van der Waals surface area (Å²) in [5.41, 5.74) is 0. The molecule has 27 heavy (non-hydrogen) atoms. The van der Waals surface area contributed by atoms with Crippen LogP contribution in [0.25, 0.3) is 0 Å². The summed E-state index contributed by atoms with van der Waals surface area (Å²) in [6.45, 7) is 5.35. The zero-order chi connectivity index (χ0) is 19.9. The molecule has 1 atom stereocenters. The van der Waals surface area contributed by atoms with Gasteiger partial charge in [0.05, 0.1) is 4.90 Å². The summed E-state index contributed by atoms with van der Waals surface area (Å²) in [7, 11) is -3.76. The fourth-order valence-electron chi connectivity index (χ4n) is 3.38. The summed E-state index contributed by atoms with van der Waals surface area (Å²) in [4.78, 5) is 12.7.